The highest BCUT2D eigenvalue weighted by Crippen LogP contribution is 2.63. The zero-order valence-electron chi connectivity index (χ0n) is 12.4. The molecule has 1 aromatic carbocycles. The van der Waals surface area contributed by atoms with Crippen LogP contribution in [0.15, 0.2) is 24.3 Å². The molecule has 1 aromatic rings. The molecule has 0 aliphatic heterocycles. The molecule has 23 heavy (non-hydrogen) atoms. The Morgan fingerprint density at radius 1 is 1.17 bits per heavy atom. The third-order valence-corrected chi connectivity index (χ3v) is 4.73. The summed E-state index contributed by atoms with van der Waals surface area (Å²) in [5.41, 5.74) is 3.90. The van der Waals surface area contributed by atoms with E-state index in [1.807, 2.05) is 0 Å². The lowest BCUT2D eigenvalue weighted by molar-refractivity contribution is -0.126. The van der Waals surface area contributed by atoms with Gasteiger partial charge in [-0.2, -0.15) is 0 Å². The van der Waals surface area contributed by atoms with Gasteiger partial charge in [-0.05, 0) is 25.5 Å². The summed E-state index contributed by atoms with van der Waals surface area (Å²) in [5.74, 6) is -1.09. The van der Waals surface area contributed by atoms with Gasteiger partial charge in [0.15, 0.2) is 0 Å². The number of carbonyl (C=O) groups is 3. The van der Waals surface area contributed by atoms with Gasteiger partial charge in [0.05, 0.1) is 23.8 Å². The Morgan fingerprint density at radius 2 is 1.78 bits per heavy atom. The van der Waals surface area contributed by atoms with E-state index in [0.717, 1.165) is 0 Å². The number of para-hydroxylation sites is 1. The van der Waals surface area contributed by atoms with E-state index in [-0.39, 0.29) is 11.3 Å². The number of alkyl halides is 2. The Balaban J connectivity index is 1.94. The number of hydrazine groups is 1. The van der Waals surface area contributed by atoms with Crippen molar-refractivity contribution < 1.29 is 19.1 Å². The van der Waals surface area contributed by atoms with E-state index in [9.17, 15) is 14.4 Å². The number of nitrogens with one attached hydrogen (secondary N) is 3. The number of urea groups is 1. The maximum Gasteiger partial charge on any atom is 0.339 e. The van der Waals surface area contributed by atoms with Crippen LogP contribution in [-0.2, 0) is 9.53 Å². The fraction of sp³-hybridized carbons (Fsp3) is 0.357. The minimum atomic E-state index is -1.13. The number of ether oxygens (including phenoxy) is 1. The number of anilines is 1. The van der Waals surface area contributed by atoms with Crippen LogP contribution in [-0.4, -0.2) is 29.4 Å². The zero-order valence-corrected chi connectivity index (χ0v) is 13.9. The second-order valence-electron chi connectivity index (χ2n) is 5.28. The summed E-state index contributed by atoms with van der Waals surface area (Å²) >= 11 is 11.8. The van der Waals surface area contributed by atoms with Crippen LogP contribution in [0, 0.1) is 5.41 Å². The van der Waals surface area contributed by atoms with Gasteiger partial charge in [0, 0.05) is 0 Å². The smallest absolute Gasteiger partial charge is 0.339 e. The van der Waals surface area contributed by atoms with Crippen molar-refractivity contribution in [3.63, 3.8) is 0 Å². The van der Waals surface area contributed by atoms with E-state index in [2.05, 4.69) is 20.9 Å². The van der Waals surface area contributed by atoms with E-state index in [4.69, 9.17) is 23.2 Å². The molecule has 1 aliphatic carbocycles. The van der Waals surface area contributed by atoms with Crippen LogP contribution in [0.1, 0.15) is 23.7 Å². The molecular weight excluding hydrogens is 345 g/mol. The second-order valence-corrected chi connectivity index (χ2v) is 6.77. The van der Waals surface area contributed by atoms with Crippen molar-refractivity contribution in [1.29, 1.82) is 0 Å². The quantitative estimate of drug-likeness (QED) is 0.437. The van der Waals surface area contributed by atoms with Gasteiger partial charge in [-0.15, -0.1) is 23.2 Å². The third kappa shape index (κ3) is 3.51. The molecule has 9 heteroatoms. The Labute approximate surface area is 142 Å². The maximum atomic E-state index is 11.9. The number of benzene rings is 1. The number of amides is 3. The van der Waals surface area contributed by atoms with E-state index >= 15 is 0 Å². The van der Waals surface area contributed by atoms with Crippen LogP contribution in [0.25, 0.3) is 0 Å². The van der Waals surface area contributed by atoms with Gasteiger partial charge in [-0.3, -0.25) is 10.2 Å². The largest absolute Gasteiger partial charge is 0.465 e. The fourth-order valence-corrected chi connectivity index (χ4v) is 2.64. The predicted molar refractivity (Wildman–Crippen MR) is 85.2 cm³/mol. The molecule has 0 bridgehead atoms. The van der Waals surface area contributed by atoms with Crippen molar-refractivity contribution in [1.82, 2.24) is 10.9 Å². The molecule has 1 fully saturated rings. The highest BCUT2D eigenvalue weighted by atomic mass is 35.5. The van der Waals surface area contributed by atoms with Crippen LogP contribution in [0.4, 0.5) is 10.5 Å². The molecule has 0 aromatic heterocycles. The topological polar surface area (TPSA) is 96.5 Å². The molecule has 0 spiro atoms. The third-order valence-electron chi connectivity index (χ3n) is 3.63. The van der Waals surface area contributed by atoms with Crippen molar-refractivity contribution in [2.75, 3.05) is 12.4 Å². The summed E-state index contributed by atoms with van der Waals surface area (Å²) in [6.45, 7) is 1.59. The van der Waals surface area contributed by atoms with Crippen LogP contribution < -0.4 is 16.2 Å². The molecule has 1 aliphatic rings. The standard InChI is InChI=1S/C14H15Cl2N3O4/c1-13(7-14(13,15)16)11(21)18-19-12(22)17-9-6-4-3-5-8(9)10(20)23-2/h3-6H,7H2,1-2H3,(H,18,21)(H2,17,19,22). The number of methoxy groups -OCH3 is 1. The maximum absolute atomic E-state index is 11.9. The monoisotopic (exact) mass is 359 g/mol. The lowest BCUT2D eigenvalue weighted by Gasteiger charge is -2.14. The van der Waals surface area contributed by atoms with Crippen molar-refractivity contribution in [3.8, 4) is 0 Å². The minimum Gasteiger partial charge on any atom is -0.465 e. The average Bonchev–Trinajstić information content (AvgIpc) is 3.04. The Morgan fingerprint density at radius 3 is 2.35 bits per heavy atom. The fourth-order valence-electron chi connectivity index (χ4n) is 1.93. The minimum absolute atomic E-state index is 0.186. The predicted octanol–water partition coefficient (Wildman–Crippen LogP) is 2.21. The van der Waals surface area contributed by atoms with Gasteiger partial charge >= 0.3 is 12.0 Å². The molecule has 3 N–H and O–H groups in total. The highest BCUT2D eigenvalue weighted by molar-refractivity contribution is 6.53. The zero-order chi connectivity index (χ0) is 17.3. The van der Waals surface area contributed by atoms with Crippen molar-refractivity contribution >= 4 is 46.8 Å². The number of halogens is 2. The van der Waals surface area contributed by atoms with Gasteiger partial charge in [0.2, 0.25) is 5.91 Å². The first-order valence-corrected chi connectivity index (χ1v) is 7.39. The lowest BCUT2D eigenvalue weighted by atomic mass is 10.1. The van der Waals surface area contributed by atoms with E-state index < -0.39 is 27.7 Å². The van der Waals surface area contributed by atoms with Crippen LogP contribution in [0.5, 0.6) is 0 Å². The average molecular weight is 360 g/mol. The van der Waals surface area contributed by atoms with Crippen molar-refractivity contribution in [3.05, 3.63) is 29.8 Å². The molecule has 0 saturated heterocycles. The summed E-state index contributed by atoms with van der Waals surface area (Å²) in [7, 11) is 1.24. The first-order chi connectivity index (χ1) is 10.7. The first kappa shape index (κ1) is 17.4. The number of hydrogen-bond donors (Lipinski definition) is 3. The first-order valence-electron chi connectivity index (χ1n) is 6.64. The molecule has 0 radical (unpaired) electrons. The van der Waals surface area contributed by atoms with Gasteiger partial charge in [0.25, 0.3) is 0 Å². The SMILES string of the molecule is COC(=O)c1ccccc1NC(=O)NNC(=O)C1(C)CC1(Cl)Cl. The molecule has 1 unspecified atom stereocenters. The van der Waals surface area contributed by atoms with Crippen LogP contribution >= 0.6 is 23.2 Å². The van der Waals surface area contributed by atoms with E-state index in [1.54, 1.807) is 19.1 Å². The number of rotatable bonds is 3. The molecule has 124 valence electrons. The second kappa shape index (κ2) is 6.25. The molecule has 3 amide bonds. The molecule has 0 heterocycles. The Hall–Kier alpha value is -1.99. The summed E-state index contributed by atoms with van der Waals surface area (Å²) < 4.78 is 3.49. The summed E-state index contributed by atoms with van der Waals surface area (Å²) in [6.07, 6.45) is 0.295. The van der Waals surface area contributed by atoms with Crippen LogP contribution in [0.3, 0.4) is 0 Å². The summed E-state index contributed by atoms with van der Waals surface area (Å²) in [4.78, 5) is 35.4. The van der Waals surface area contributed by atoms with Crippen molar-refractivity contribution in [2.24, 2.45) is 5.41 Å². The van der Waals surface area contributed by atoms with Gasteiger partial charge in [-0.25, -0.2) is 15.0 Å². The van der Waals surface area contributed by atoms with E-state index in [0.29, 0.717) is 6.42 Å². The van der Waals surface area contributed by atoms with E-state index in [1.165, 1.54) is 19.2 Å². The lowest BCUT2D eigenvalue weighted by Crippen LogP contribution is -2.47. The number of carbonyl (C=O) groups excluding carboxylic acids is 3. The Bertz CT molecular complexity index is 665. The molecule has 1 saturated carbocycles. The molecular formula is C14H15Cl2N3O4. The number of hydrogen-bond acceptors (Lipinski definition) is 4. The van der Waals surface area contributed by atoms with Gasteiger partial charge in [-0.1, -0.05) is 12.1 Å². The molecule has 1 atom stereocenters. The van der Waals surface area contributed by atoms with Gasteiger partial charge in [0.1, 0.15) is 4.33 Å². The summed E-state index contributed by atoms with van der Waals surface area (Å²) in [6, 6.07) is 5.57. The van der Waals surface area contributed by atoms with Crippen molar-refractivity contribution in [2.45, 2.75) is 17.7 Å². The number of esters is 1. The summed E-state index contributed by atoms with van der Waals surface area (Å²) in [5, 5.41) is 2.44. The molecule has 7 nitrogen and oxygen atoms in total. The van der Waals surface area contributed by atoms with Crippen LogP contribution in [0.2, 0.25) is 0 Å². The molecule has 2 rings (SSSR count). The highest BCUT2D eigenvalue weighted by Gasteiger charge is 2.68. The Kier molecular flexibility index (Phi) is 4.72. The van der Waals surface area contributed by atoms with Gasteiger partial charge < -0.3 is 10.1 Å². The normalized spacial score (nSPS) is 21.0.